The van der Waals surface area contributed by atoms with E-state index in [4.69, 9.17) is 0 Å². The lowest BCUT2D eigenvalue weighted by Crippen LogP contribution is -2.55. The first kappa shape index (κ1) is 17.3. The fourth-order valence-corrected chi connectivity index (χ4v) is 4.42. The summed E-state index contributed by atoms with van der Waals surface area (Å²) in [6, 6.07) is 9.53. The fourth-order valence-electron chi connectivity index (χ4n) is 4.42. The van der Waals surface area contributed by atoms with Gasteiger partial charge in [-0.05, 0) is 43.5 Å². The summed E-state index contributed by atoms with van der Waals surface area (Å²) in [5.74, 6) is 0.779. The molecule has 0 aliphatic carbocycles. The molecule has 1 aromatic carbocycles. The number of rotatable bonds is 4. The van der Waals surface area contributed by atoms with Gasteiger partial charge in [0.2, 0.25) is 0 Å². The Morgan fingerprint density at radius 3 is 2.67 bits per heavy atom. The van der Waals surface area contributed by atoms with Gasteiger partial charge in [0, 0.05) is 43.6 Å². The van der Waals surface area contributed by atoms with Crippen LogP contribution >= 0.6 is 0 Å². The van der Waals surface area contributed by atoms with Gasteiger partial charge in [-0.15, -0.1) is 0 Å². The molecule has 0 amide bonds. The first-order chi connectivity index (χ1) is 11.6. The Hall–Kier alpha value is -1.48. The topological polar surface area (TPSA) is 9.72 Å². The predicted molar refractivity (Wildman–Crippen MR) is 104 cm³/mol. The summed E-state index contributed by atoms with van der Waals surface area (Å²) < 4.78 is 0. The second kappa shape index (κ2) is 7.60. The molecule has 2 aliphatic rings. The van der Waals surface area contributed by atoms with Gasteiger partial charge in [-0.1, -0.05) is 39.0 Å². The summed E-state index contributed by atoms with van der Waals surface area (Å²) in [7, 11) is 0. The summed E-state index contributed by atoms with van der Waals surface area (Å²) in [5, 5.41) is 0. The van der Waals surface area contributed by atoms with E-state index < -0.39 is 0 Å². The summed E-state index contributed by atoms with van der Waals surface area (Å²) in [6.07, 6.45) is 2.56. The lowest BCUT2D eigenvalue weighted by molar-refractivity contribution is 0.0727. The van der Waals surface area contributed by atoms with E-state index in [1.165, 1.54) is 49.4 Å². The highest BCUT2D eigenvalue weighted by molar-refractivity contribution is 5.50. The third-order valence-corrected chi connectivity index (χ3v) is 5.91. The molecule has 3 heteroatoms. The largest absolute Gasteiger partial charge is 0.369 e. The van der Waals surface area contributed by atoms with Crippen LogP contribution < -0.4 is 4.90 Å². The van der Waals surface area contributed by atoms with E-state index in [9.17, 15) is 0 Å². The Labute approximate surface area is 147 Å². The molecule has 0 N–H and O–H groups in total. The maximum Gasteiger partial charge on any atom is 0.0573 e. The van der Waals surface area contributed by atoms with Gasteiger partial charge in [0.1, 0.15) is 0 Å². The van der Waals surface area contributed by atoms with Crippen molar-refractivity contribution in [2.24, 2.45) is 5.92 Å². The number of anilines is 1. The molecule has 2 heterocycles. The van der Waals surface area contributed by atoms with Crippen LogP contribution in [0.25, 0.3) is 0 Å². The first-order valence-electron chi connectivity index (χ1n) is 9.60. The molecule has 2 fully saturated rings. The zero-order valence-electron chi connectivity index (χ0n) is 15.7. The highest BCUT2D eigenvalue weighted by Gasteiger charge is 2.34. The number of hydrogen-bond acceptors (Lipinski definition) is 3. The Morgan fingerprint density at radius 1 is 1.17 bits per heavy atom. The van der Waals surface area contributed by atoms with Crippen molar-refractivity contribution in [3.8, 4) is 0 Å². The van der Waals surface area contributed by atoms with Crippen LogP contribution in [0.1, 0.15) is 32.3 Å². The number of piperazine rings is 1. The summed E-state index contributed by atoms with van der Waals surface area (Å²) in [6.45, 7) is 18.1. The lowest BCUT2D eigenvalue weighted by atomic mass is 9.88. The Balaban J connectivity index is 1.66. The van der Waals surface area contributed by atoms with E-state index in [1.54, 1.807) is 0 Å². The zero-order valence-corrected chi connectivity index (χ0v) is 15.7. The minimum Gasteiger partial charge on any atom is -0.369 e. The maximum absolute atomic E-state index is 4.45. The standard InChI is InChI=1S/C21H33N3/c1-5-19-16-22(6-2)11-10-21(19)24-13-12-23(15-18(24)4)20-9-7-8-17(3)14-20/h7-9,14,19,21H,4-6,10-13,15-16H2,1-3H3. The molecule has 2 atom stereocenters. The zero-order chi connectivity index (χ0) is 17.1. The van der Waals surface area contributed by atoms with Gasteiger partial charge in [0.05, 0.1) is 6.54 Å². The van der Waals surface area contributed by atoms with Crippen molar-refractivity contribution in [2.75, 3.05) is 44.2 Å². The minimum atomic E-state index is 0.685. The molecule has 0 radical (unpaired) electrons. The molecular formula is C21H33N3. The van der Waals surface area contributed by atoms with Crippen molar-refractivity contribution in [1.29, 1.82) is 0 Å². The van der Waals surface area contributed by atoms with Crippen molar-refractivity contribution in [2.45, 2.75) is 39.7 Å². The smallest absolute Gasteiger partial charge is 0.0573 e. The van der Waals surface area contributed by atoms with E-state index in [-0.39, 0.29) is 0 Å². The van der Waals surface area contributed by atoms with E-state index in [2.05, 4.69) is 66.3 Å². The van der Waals surface area contributed by atoms with E-state index >= 15 is 0 Å². The molecule has 24 heavy (non-hydrogen) atoms. The average molecular weight is 328 g/mol. The monoisotopic (exact) mass is 327 g/mol. The Morgan fingerprint density at radius 2 is 2.00 bits per heavy atom. The van der Waals surface area contributed by atoms with Crippen LogP contribution in [0, 0.1) is 12.8 Å². The molecule has 132 valence electrons. The number of piperidine rings is 1. The van der Waals surface area contributed by atoms with Gasteiger partial charge in [0.15, 0.2) is 0 Å². The third kappa shape index (κ3) is 3.61. The first-order valence-corrected chi connectivity index (χ1v) is 9.60. The van der Waals surface area contributed by atoms with Crippen molar-refractivity contribution in [3.63, 3.8) is 0 Å². The quantitative estimate of drug-likeness (QED) is 0.834. The number of likely N-dealkylation sites (tertiary alicyclic amines) is 1. The third-order valence-electron chi connectivity index (χ3n) is 5.91. The Bertz CT molecular complexity index is 568. The maximum atomic E-state index is 4.45. The molecule has 1 aromatic rings. The SMILES string of the molecule is C=C1CN(c2cccc(C)c2)CCN1C1CCN(CC)CC1CC. The van der Waals surface area contributed by atoms with Gasteiger partial charge in [-0.2, -0.15) is 0 Å². The normalized spacial score (nSPS) is 26.0. The van der Waals surface area contributed by atoms with Crippen molar-refractivity contribution in [3.05, 3.63) is 42.1 Å². The molecule has 3 rings (SSSR count). The van der Waals surface area contributed by atoms with Gasteiger partial charge in [-0.25, -0.2) is 0 Å². The number of benzene rings is 1. The number of hydrogen-bond donors (Lipinski definition) is 0. The van der Waals surface area contributed by atoms with Crippen LogP contribution in [0.15, 0.2) is 36.5 Å². The van der Waals surface area contributed by atoms with Crippen molar-refractivity contribution in [1.82, 2.24) is 9.80 Å². The van der Waals surface area contributed by atoms with Crippen molar-refractivity contribution < 1.29 is 0 Å². The van der Waals surface area contributed by atoms with E-state index in [0.29, 0.717) is 6.04 Å². The predicted octanol–water partition coefficient (Wildman–Crippen LogP) is 3.75. The molecular weight excluding hydrogens is 294 g/mol. The number of nitrogens with zero attached hydrogens (tertiary/aromatic N) is 3. The lowest BCUT2D eigenvalue weighted by Gasteiger charge is -2.49. The average Bonchev–Trinajstić information content (AvgIpc) is 2.61. The second-order valence-corrected chi connectivity index (χ2v) is 7.44. The number of aryl methyl sites for hydroxylation is 1. The van der Waals surface area contributed by atoms with Crippen LogP contribution in [0.4, 0.5) is 5.69 Å². The fraction of sp³-hybridized carbons (Fsp3) is 0.619. The molecule has 2 unspecified atom stereocenters. The molecule has 0 bridgehead atoms. The van der Waals surface area contributed by atoms with Crippen LogP contribution in [0.2, 0.25) is 0 Å². The van der Waals surface area contributed by atoms with E-state index in [1.807, 2.05) is 0 Å². The molecule has 2 saturated heterocycles. The summed E-state index contributed by atoms with van der Waals surface area (Å²) in [5.41, 5.74) is 3.97. The highest BCUT2D eigenvalue weighted by Crippen LogP contribution is 2.30. The molecule has 2 aliphatic heterocycles. The molecule has 0 saturated carbocycles. The van der Waals surface area contributed by atoms with Gasteiger partial charge in [0.25, 0.3) is 0 Å². The van der Waals surface area contributed by atoms with Crippen LogP contribution in [-0.2, 0) is 0 Å². The van der Waals surface area contributed by atoms with Gasteiger partial charge < -0.3 is 14.7 Å². The summed E-state index contributed by atoms with van der Waals surface area (Å²) in [4.78, 5) is 7.72. The van der Waals surface area contributed by atoms with Gasteiger partial charge in [-0.3, -0.25) is 0 Å². The van der Waals surface area contributed by atoms with E-state index in [0.717, 1.165) is 25.6 Å². The van der Waals surface area contributed by atoms with Crippen LogP contribution in [0.3, 0.4) is 0 Å². The minimum absolute atomic E-state index is 0.685. The van der Waals surface area contributed by atoms with Crippen molar-refractivity contribution >= 4 is 5.69 Å². The molecule has 0 aromatic heterocycles. The molecule has 3 nitrogen and oxygen atoms in total. The highest BCUT2D eigenvalue weighted by atomic mass is 15.3. The van der Waals surface area contributed by atoms with Gasteiger partial charge >= 0.3 is 0 Å². The molecule has 0 spiro atoms. The Kier molecular flexibility index (Phi) is 5.50. The van der Waals surface area contributed by atoms with Crippen LogP contribution in [0.5, 0.6) is 0 Å². The summed E-state index contributed by atoms with van der Waals surface area (Å²) >= 11 is 0. The van der Waals surface area contributed by atoms with Crippen LogP contribution in [-0.4, -0.2) is 55.1 Å². The second-order valence-electron chi connectivity index (χ2n) is 7.44.